The lowest BCUT2D eigenvalue weighted by Gasteiger charge is -2.43. The number of nitrogens with zero attached hydrogens (tertiary/aromatic N) is 6. The fourth-order valence-electron chi connectivity index (χ4n) is 5.20. The molecule has 0 bridgehead atoms. The number of pyridine rings is 1. The highest BCUT2D eigenvalue weighted by atomic mass is 35.5. The third-order valence-corrected chi connectivity index (χ3v) is 11.3. The fourth-order valence-corrected chi connectivity index (χ4v) is 7.68. The summed E-state index contributed by atoms with van der Waals surface area (Å²) in [5, 5.41) is 3.24. The maximum Gasteiger partial charge on any atom is 0.285 e. The molecular weight excluding hydrogens is 605 g/mol. The Morgan fingerprint density at radius 1 is 0.976 bits per heavy atom. The summed E-state index contributed by atoms with van der Waals surface area (Å²) < 4.78 is 99.0. The van der Waals surface area contributed by atoms with Crippen molar-refractivity contribution in [3.05, 3.63) is 65.3 Å². The van der Waals surface area contributed by atoms with Crippen molar-refractivity contribution in [1.82, 2.24) is 18.1 Å². The van der Waals surface area contributed by atoms with Gasteiger partial charge in [0.25, 0.3) is 10.0 Å². The van der Waals surface area contributed by atoms with Gasteiger partial charge in [-0.3, -0.25) is 3.97 Å². The molecule has 2 fully saturated rings. The summed E-state index contributed by atoms with van der Waals surface area (Å²) in [4.78, 5) is 7.13. The van der Waals surface area contributed by atoms with Gasteiger partial charge in [0, 0.05) is 38.2 Å². The minimum Gasteiger partial charge on any atom is -0.350 e. The molecule has 1 spiro atoms. The van der Waals surface area contributed by atoms with Gasteiger partial charge in [0.05, 0.1) is 21.2 Å². The molecular formula is C25H24ClF3N6O4S2. The number of benzene rings is 1. The van der Waals surface area contributed by atoms with E-state index in [1.807, 2.05) is 0 Å². The number of hydrogen-bond acceptors (Lipinski definition) is 8. The Labute approximate surface area is 239 Å². The van der Waals surface area contributed by atoms with Gasteiger partial charge in [-0.15, -0.1) is 9.19 Å². The van der Waals surface area contributed by atoms with Crippen LogP contribution in [0.2, 0.25) is 5.02 Å². The number of aromatic nitrogens is 4. The summed E-state index contributed by atoms with van der Waals surface area (Å²) >= 11 is 5.85. The van der Waals surface area contributed by atoms with Crippen LogP contribution in [-0.4, -0.2) is 65.4 Å². The minimum atomic E-state index is -4.66. The van der Waals surface area contributed by atoms with E-state index >= 15 is 8.78 Å². The first-order valence-corrected chi connectivity index (χ1v) is 16.0. The molecule has 1 aromatic carbocycles. The maximum atomic E-state index is 15.3. The fraction of sp³-hybridized carbons (Fsp3) is 0.360. The zero-order valence-corrected chi connectivity index (χ0v) is 24.2. The second kappa shape index (κ2) is 9.36. The van der Waals surface area contributed by atoms with Gasteiger partial charge in [0.15, 0.2) is 23.3 Å². The van der Waals surface area contributed by atoms with Crippen LogP contribution in [0.5, 0.6) is 0 Å². The summed E-state index contributed by atoms with van der Waals surface area (Å²) in [7, 11) is -8.54. The zero-order valence-electron chi connectivity index (χ0n) is 21.8. The Kier molecular flexibility index (Phi) is 6.36. The van der Waals surface area contributed by atoms with Crippen LogP contribution in [0.3, 0.4) is 0 Å². The Morgan fingerprint density at radius 2 is 1.68 bits per heavy atom. The zero-order chi connectivity index (χ0) is 29.5. The van der Waals surface area contributed by atoms with Crippen LogP contribution in [-0.2, 0) is 20.0 Å². The van der Waals surface area contributed by atoms with Crippen molar-refractivity contribution in [2.75, 3.05) is 29.4 Å². The standard InChI is InChI=1S/C25H24ClF3N6O4S2/c1-15(2)40(36,37)33-8-5-17(13-33)41(38,39)35-22-19(28)4-3-18(27)21(22)24(31-35)34-10-9-32(14-25(34)6-7-25)23-20(29)11-16(26)12-30-23/h3-5,8,11-13,15H,6-7,9-10,14H2,1-2H3. The van der Waals surface area contributed by atoms with Crippen LogP contribution >= 0.6 is 11.6 Å². The molecule has 4 heterocycles. The largest absolute Gasteiger partial charge is 0.350 e. The van der Waals surface area contributed by atoms with Crippen molar-refractivity contribution >= 4 is 54.2 Å². The highest BCUT2D eigenvalue weighted by Crippen LogP contribution is 2.49. The number of piperazine rings is 1. The number of fused-ring (bicyclic) bond motifs is 1. The van der Waals surface area contributed by atoms with Gasteiger partial charge in [0.2, 0.25) is 10.0 Å². The van der Waals surface area contributed by atoms with Crippen LogP contribution in [0.15, 0.2) is 47.8 Å². The number of anilines is 2. The first kappa shape index (κ1) is 27.8. The van der Waals surface area contributed by atoms with E-state index in [2.05, 4.69) is 10.1 Å². The van der Waals surface area contributed by atoms with E-state index in [0.29, 0.717) is 16.9 Å². The molecule has 1 aliphatic carbocycles. The highest BCUT2D eigenvalue weighted by Gasteiger charge is 2.53. The van der Waals surface area contributed by atoms with Gasteiger partial charge in [0.1, 0.15) is 16.2 Å². The summed E-state index contributed by atoms with van der Waals surface area (Å²) in [6, 6.07) is 3.93. The number of hydrogen-bond donors (Lipinski definition) is 0. The summed E-state index contributed by atoms with van der Waals surface area (Å²) in [6.07, 6.45) is 4.56. The number of halogens is 4. The third kappa shape index (κ3) is 4.36. The molecule has 3 aromatic heterocycles. The molecule has 10 nitrogen and oxygen atoms in total. The molecule has 1 saturated heterocycles. The van der Waals surface area contributed by atoms with Crippen LogP contribution < -0.4 is 9.80 Å². The Bertz CT molecular complexity index is 1920. The van der Waals surface area contributed by atoms with Crippen LogP contribution in [0.1, 0.15) is 26.7 Å². The first-order chi connectivity index (χ1) is 19.3. The summed E-state index contributed by atoms with van der Waals surface area (Å²) in [5.41, 5.74) is -1.24. The second-order valence-corrected chi connectivity index (χ2v) is 15.0. The van der Waals surface area contributed by atoms with Gasteiger partial charge in [-0.25, -0.2) is 26.6 Å². The average Bonchev–Trinajstić information content (AvgIpc) is 3.31. The molecule has 41 heavy (non-hydrogen) atoms. The van der Waals surface area contributed by atoms with Crippen molar-refractivity contribution in [2.45, 2.75) is 42.4 Å². The number of rotatable bonds is 6. The highest BCUT2D eigenvalue weighted by molar-refractivity contribution is 7.91. The van der Waals surface area contributed by atoms with E-state index in [1.165, 1.54) is 20.0 Å². The van der Waals surface area contributed by atoms with Crippen molar-refractivity contribution in [3.63, 3.8) is 0 Å². The lowest BCUT2D eigenvalue weighted by Crippen LogP contribution is -2.56. The smallest absolute Gasteiger partial charge is 0.285 e. The predicted molar refractivity (Wildman–Crippen MR) is 147 cm³/mol. The van der Waals surface area contributed by atoms with Crippen LogP contribution in [0.4, 0.5) is 24.8 Å². The van der Waals surface area contributed by atoms with E-state index in [1.54, 1.807) is 9.80 Å². The Balaban J connectivity index is 1.44. The van der Waals surface area contributed by atoms with Gasteiger partial charge in [-0.2, -0.15) is 8.42 Å². The van der Waals surface area contributed by atoms with E-state index in [4.69, 9.17) is 11.6 Å². The van der Waals surface area contributed by atoms with E-state index < -0.39 is 58.7 Å². The Morgan fingerprint density at radius 3 is 2.34 bits per heavy atom. The summed E-state index contributed by atoms with van der Waals surface area (Å²) in [5.74, 6) is -2.45. The Hall–Kier alpha value is -3.30. The van der Waals surface area contributed by atoms with Crippen molar-refractivity contribution < 1.29 is 30.0 Å². The van der Waals surface area contributed by atoms with Gasteiger partial charge < -0.3 is 9.80 Å². The monoisotopic (exact) mass is 628 g/mol. The van der Waals surface area contributed by atoms with Crippen molar-refractivity contribution in [1.29, 1.82) is 0 Å². The summed E-state index contributed by atoms with van der Waals surface area (Å²) in [6.45, 7) is 3.60. The molecule has 1 aliphatic heterocycles. The lowest BCUT2D eigenvalue weighted by atomic mass is 10.1. The van der Waals surface area contributed by atoms with E-state index in [0.717, 1.165) is 40.6 Å². The lowest BCUT2D eigenvalue weighted by molar-refractivity contribution is 0.492. The molecule has 6 rings (SSSR count). The maximum absolute atomic E-state index is 15.3. The molecule has 1 saturated carbocycles. The molecule has 2 aliphatic rings. The van der Waals surface area contributed by atoms with Crippen molar-refractivity contribution in [2.24, 2.45) is 0 Å². The first-order valence-electron chi connectivity index (χ1n) is 12.6. The SMILES string of the molecule is CC(C)S(=O)(=O)n1ccc(S(=O)(=O)n2nc(N3CCN(c4ncc(Cl)cc4F)CC34CC4)c3c(F)ccc(F)c32)c1. The normalized spacial score (nSPS) is 17.2. The van der Waals surface area contributed by atoms with Crippen molar-refractivity contribution in [3.8, 4) is 0 Å². The van der Waals surface area contributed by atoms with Gasteiger partial charge in [-0.05, 0) is 51.0 Å². The van der Waals surface area contributed by atoms with Crippen LogP contribution in [0, 0.1) is 17.5 Å². The van der Waals surface area contributed by atoms with E-state index in [9.17, 15) is 21.2 Å². The van der Waals surface area contributed by atoms with Crippen LogP contribution in [0.25, 0.3) is 10.9 Å². The second-order valence-electron chi connectivity index (χ2n) is 10.5. The van der Waals surface area contributed by atoms with Gasteiger partial charge >= 0.3 is 0 Å². The molecule has 0 atom stereocenters. The topological polar surface area (TPSA) is 110 Å². The molecule has 0 radical (unpaired) electrons. The average molecular weight is 629 g/mol. The van der Waals surface area contributed by atoms with Gasteiger partial charge in [-0.1, -0.05) is 11.6 Å². The third-order valence-electron chi connectivity index (χ3n) is 7.56. The molecule has 4 aromatic rings. The quantitative estimate of drug-likeness (QED) is 0.315. The minimum absolute atomic E-state index is 0.0727. The molecule has 0 amide bonds. The van der Waals surface area contributed by atoms with E-state index in [-0.39, 0.29) is 41.7 Å². The molecule has 0 unspecified atom stereocenters. The molecule has 218 valence electrons. The molecule has 16 heteroatoms. The predicted octanol–water partition coefficient (Wildman–Crippen LogP) is 3.99. The molecule has 0 N–H and O–H groups in total.